The second-order valence-electron chi connectivity index (χ2n) is 13.2. The van der Waals surface area contributed by atoms with E-state index in [0.717, 1.165) is 37.2 Å². The fourth-order valence-electron chi connectivity index (χ4n) is 8.25. The molecule has 0 unspecified atom stereocenters. The van der Waals surface area contributed by atoms with Gasteiger partial charge in [-0.25, -0.2) is 0 Å². The molecule has 0 aromatic heterocycles. The summed E-state index contributed by atoms with van der Waals surface area (Å²) < 4.78 is 15.2. The predicted molar refractivity (Wildman–Crippen MR) is 214 cm³/mol. The molecule has 0 N–H and O–H groups in total. The quantitative estimate of drug-likeness (QED) is 0.123. The van der Waals surface area contributed by atoms with Crippen LogP contribution in [0.5, 0.6) is 11.5 Å². The summed E-state index contributed by atoms with van der Waals surface area (Å²) in [4.78, 5) is 0. The van der Waals surface area contributed by atoms with Gasteiger partial charge in [0.25, 0.3) is 5.79 Å². The van der Waals surface area contributed by atoms with Gasteiger partial charge in [0.2, 0.25) is 0 Å². The molecule has 2 atom stereocenters. The summed E-state index contributed by atoms with van der Waals surface area (Å²) in [6, 6.07) is 57.7. The minimum atomic E-state index is -0.820. The van der Waals surface area contributed by atoms with E-state index in [0.29, 0.717) is 11.8 Å². The molecule has 0 bridgehead atoms. The largest absolute Gasteiger partial charge is 0.451 e. The average Bonchev–Trinajstić information content (AvgIpc) is 3.22. The van der Waals surface area contributed by atoms with E-state index in [-0.39, 0.29) is 0 Å². The van der Waals surface area contributed by atoms with Gasteiger partial charge < -0.3 is 9.47 Å². The van der Waals surface area contributed by atoms with Crippen LogP contribution in [-0.4, -0.2) is 5.79 Å². The maximum absolute atomic E-state index is 7.59. The van der Waals surface area contributed by atoms with Crippen molar-refractivity contribution in [3.63, 3.8) is 0 Å². The Kier molecular flexibility index (Phi) is 13.2. The van der Waals surface area contributed by atoms with Crippen LogP contribution in [0.15, 0.2) is 158 Å². The van der Waals surface area contributed by atoms with Gasteiger partial charge in [-0.15, -0.1) is 0 Å². The van der Waals surface area contributed by atoms with Gasteiger partial charge in [-0.3, -0.25) is 0 Å². The van der Waals surface area contributed by atoms with E-state index >= 15 is 0 Å². The third-order valence-corrected chi connectivity index (χ3v) is 15.3. The van der Waals surface area contributed by atoms with Gasteiger partial charge >= 0.3 is 58.4 Å². The van der Waals surface area contributed by atoms with E-state index < -0.39 is 21.6 Å². The van der Waals surface area contributed by atoms with Crippen molar-refractivity contribution in [1.29, 1.82) is 0 Å². The van der Waals surface area contributed by atoms with E-state index in [1.807, 2.05) is 0 Å². The van der Waals surface area contributed by atoms with Gasteiger partial charge in [-0.1, -0.05) is 164 Å². The number of ether oxygens (including phenoxy) is 2. The Bertz CT molecular complexity index is 1830. The zero-order valence-electron chi connectivity index (χ0n) is 28.3. The summed E-state index contributed by atoms with van der Waals surface area (Å²) in [5.74, 6) is 2.02. The molecule has 272 valence electrons. The molecule has 1 fully saturated rings. The molecule has 8 heteroatoms. The van der Waals surface area contributed by atoms with E-state index in [2.05, 4.69) is 176 Å². The van der Waals surface area contributed by atoms with Crippen LogP contribution in [0.3, 0.4) is 0 Å². The summed E-state index contributed by atoms with van der Waals surface area (Å²) in [6.07, 6.45) is 5.42. The Labute approximate surface area is 342 Å². The molecule has 9 rings (SSSR count). The van der Waals surface area contributed by atoms with Crippen molar-refractivity contribution < 1.29 is 49.4 Å². The molecule has 2 aliphatic heterocycles. The maximum Gasteiger partial charge on any atom is 0.257 e. The van der Waals surface area contributed by atoms with Gasteiger partial charge in [0.1, 0.15) is 11.5 Å². The fraction of sp³-hybridized carbons (Fsp3) is 0.182. The minimum Gasteiger partial charge on any atom is -0.451 e. The molecular weight excluding hydrogens is 1090 g/mol. The normalized spacial score (nSPS) is 19.5. The smallest absolute Gasteiger partial charge is 0.257 e. The maximum atomic E-state index is 7.59. The summed E-state index contributed by atoms with van der Waals surface area (Å²) in [6.45, 7) is 0. The van der Waals surface area contributed by atoms with Gasteiger partial charge in [0.15, 0.2) is 0 Å². The molecule has 1 saturated carbocycles. The Morgan fingerprint density at radius 3 is 1.10 bits per heavy atom. The van der Waals surface area contributed by atoms with Crippen LogP contribution in [0, 0.1) is 11.8 Å². The number of benzene rings is 6. The zero-order chi connectivity index (χ0) is 35.9. The Balaban J connectivity index is 0.00000102. The summed E-state index contributed by atoms with van der Waals surface area (Å²) in [7, 11) is 7.53. The topological polar surface area (TPSA) is 18.5 Å². The summed E-state index contributed by atoms with van der Waals surface area (Å²) in [5.41, 5.74) is 2.64. The number of rotatable bonds is 6. The molecule has 2 nitrogen and oxygen atoms in total. The molecule has 0 radical (unpaired) electrons. The van der Waals surface area contributed by atoms with Crippen LogP contribution < -0.4 is 41.3 Å². The first-order valence-electron chi connectivity index (χ1n) is 17.4. The van der Waals surface area contributed by atoms with Gasteiger partial charge in [-0.2, -0.15) is 0 Å². The van der Waals surface area contributed by atoms with Crippen molar-refractivity contribution in [3.05, 3.63) is 169 Å². The number of halogens is 2. The van der Waals surface area contributed by atoms with Crippen LogP contribution in [-0.2, 0) is 52.8 Å². The molecule has 1 spiro atoms. The van der Waals surface area contributed by atoms with Gasteiger partial charge in [0, 0.05) is 22.4 Å². The number of fused-ring (bicyclic) bond motifs is 2. The molecule has 0 saturated heterocycles. The standard InChI is InChI=1S/C44H38O2P2.2Au.2ClH/c1-5-20-36(21-6-1)47(37-22-7-2-8-23-37)40-28-13-16-32-30-34-18-15-19-35-31-33-17-14-29-41(43(33)46-44(34,35)45-42(32)40)48(38-24-9-3-10-25-38)39-26-11-4-12-27-39;;;;/h1-14,16-17,20-29,34-35H,15,18-19,30-31H2;;;2*1H/q;2*+1;;/p-2/t34-,35-,44?;;;;/m0..../s1. The van der Waals surface area contributed by atoms with E-state index in [1.165, 1.54) is 49.4 Å². The summed E-state index contributed by atoms with van der Waals surface area (Å²) in [5, 5.41) is 7.92. The van der Waals surface area contributed by atoms with E-state index in [9.17, 15) is 0 Å². The monoisotopic (exact) mass is 1120 g/mol. The fourth-order valence-corrected chi connectivity index (χ4v) is 13.1. The Morgan fingerprint density at radius 1 is 0.442 bits per heavy atom. The van der Waals surface area contributed by atoms with Gasteiger partial charge in [0.05, 0.1) is 0 Å². The van der Waals surface area contributed by atoms with Crippen LogP contribution in [0.2, 0.25) is 0 Å². The molecule has 6 aromatic rings. The van der Waals surface area contributed by atoms with Crippen LogP contribution in [0.25, 0.3) is 0 Å². The minimum absolute atomic E-state index is 0.305. The SMILES string of the molecule is [Cl][Au].[Cl][Au].c1ccc(P(c2ccccc2)c2cccc3c2OC24Oc5c(cccc5P(c5ccccc5)c5ccccc5)C[C@@H]2CCC[C@H]4C3)cc1. The second kappa shape index (κ2) is 18.0. The number of hydrogen-bond acceptors (Lipinski definition) is 2. The molecule has 3 aliphatic rings. The molecule has 52 heavy (non-hydrogen) atoms. The van der Waals surface area contributed by atoms with Crippen molar-refractivity contribution in [1.82, 2.24) is 0 Å². The van der Waals surface area contributed by atoms with E-state index in [1.54, 1.807) is 40.0 Å². The third-order valence-electron chi connectivity index (χ3n) is 10.4. The number of para-hydroxylation sites is 2. The summed E-state index contributed by atoms with van der Waals surface area (Å²) >= 11 is 3.50. The first kappa shape index (κ1) is 38.1. The molecule has 6 aromatic carbocycles. The molecule has 1 aliphatic carbocycles. The molecule has 0 amide bonds. The van der Waals surface area contributed by atoms with E-state index in [4.69, 9.17) is 9.47 Å². The Hall–Kier alpha value is -2.16. The van der Waals surface area contributed by atoms with Crippen molar-refractivity contribution in [2.24, 2.45) is 11.8 Å². The third kappa shape index (κ3) is 7.56. The van der Waals surface area contributed by atoms with Crippen LogP contribution >= 0.6 is 34.2 Å². The molecular formula is C44H38Au2Cl2O2P2. The predicted octanol–water partition coefficient (Wildman–Crippen LogP) is 9.26. The molecule has 2 heterocycles. The van der Waals surface area contributed by atoms with Crippen molar-refractivity contribution in [3.8, 4) is 11.5 Å². The van der Waals surface area contributed by atoms with Crippen molar-refractivity contribution in [2.45, 2.75) is 37.9 Å². The first-order valence-corrected chi connectivity index (χ1v) is 25.5. The van der Waals surface area contributed by atoms with Crippen molar-refractivity contribution in [2.75, 3.05) is 0 Å². The Morgan fingerprint density at radius 2 is 0.769 bits per heavy atom. The second-order valence-corrected chi connectivity index (χ2v) is 17.6. The number of hydrogen-bond donors (Lipinski definition) is 0. The van der Waals surface area contributed by atoms with Crippen LogP contribution in [0.1, 0.15) is 30.4 Å². The van der Waals surface area contributed by atoms with Crippen molar-refractivity contribution >= 4 is 66.0 Å². The zero-order valence-corrected chi connectivity index (χ0v) is 35.9. The first-order chi connectivity index (χ1) is 25.8. The van der Waals surface area contributed by atoms with Crippen LogP contribution in [0.4, 0.5) is 0 Å². The van der Waals surface area contributed by atoms with Gasteiger partial charge in [-0.05, 0) is 73.9 Å². The average molecular weight is 1130 g/mol.